The first-order valence-electron chi connectivity index (χ1n) is 7.04. The van der Waals surface area contributed by atoms with E-state index < -0.39 is 0 Å². The molecule has 0 bridgehead atoms. The molecular formula is C15H18N4. The van der Waals surface area contributed by atoms with Gasteiger partial charge in [-0.25, -0.2) is 4.68 Å². The minimum atomic E-state index is 0.509. The Balaban J connectivity index is 1.66. The van der Waals surface area contributed by atoms with Crippen LogP contribution >= 0.6 is 0 Å². The maximum absolute atomic E-state index is 4.71. The number of nitrogens with zero attached hydrogens (tertiary/aromatic N) is 2. The second-order valence-electron chi connectivity index (χ2n) is 5.38. The number of aromatic nitrogens is 2. The van der Waals surface area contributed by atoms with E-state index >= 15 is 0 Å². The highest BCUT2D eigenvalue weighted by Crippen LogP contribution is 2.33. The van der Waals surface area contributed by atoms with Crippen LogP contribution in [-0.2, 0) is 13.0 Å². The van der Waals surface area contributed by atoms with Gasteiger partial charge in [-0.15, -0.1) is 0 Å². The molecule has 0 amide bonds. The highest BCUT2D eigenvalue weighted by atomic mass is 15.4. The SMILES string of the molecule is c1ccc(C2CNc3c4c(nn3C2)NCCC4)cc1. The van der Waals surface area contributed by atoms with Crippen molar-refractivity contribution in [3.8, 4) is 0 Å². The molecule has 3 heterocycles. The van der Waals surface area contributed by atoms with Crippen molar-refractivity contribution in [2.75, 3.05) is 23.7 Å². The Morgan fingerprint density at radius 3 is 2.95 bits per heavy atom. The molecule has 0 spiro atoms. The van der Waals surface area contributed by atoms with Gasteiger partial charge in [0.1, 0.15) is 5.82 Å². The van der Waals surface area contributed by atoms with Gasteiger partial charge in [0.05, 0.1) is 6.54 Å². The highest BCUT2D eigenvalue weighted by Gasteiger charge is 2.26. The highest BCUT2D eigenvalue weighted by molar-refractivity contribution is 5.61. The smallest absolute Gasteiger partial charge is 0.153 e. The zero-order valence-corrected chi connectivity index (χ0v) is 10.9. The molecule has 4 nitrogen and oxygen atoms in total. The van der Waals surface area contributed by atoms with Crippen molar-refractivity contribution in [3.63, 3.8) is 0 Å². The maximum atomic E-state index is 4.71. The fourth-order valence-corrected chi connectivity index (χ4v) is 3.12. The number of anilines is 2. The topological polar surface area (TPSA) is 41.9 Å². The number of nitrogens with one attached hydrogen (secondary N) is 2. The van der Waals surface area contributed by atoms with E-state index in [0.717, 1.165) is 31.9 Å². The first-order valence-corrected chi connectivity index (χ1v) is 7.04. The molecule has 98 valence electrons. The molecule has 1 unspecified atom stereocenters. The summed E-state index contributed by atoms with van der Waals surface area (Å²) in [7, 11) is 0. The number of rotatable bonds is 1. The molecule has 19 heavy (non-hydrogen) atoms. The Kier molecular flexibility index (Phi) is 2.47. The summed E-state index contributed by atoms with van der Waals surface area (Å²) in [6.45, 7) is 3.02. The Hall–Kier alpha value is -1.97. The monoisotopic (exact) mass is 254 g/mol. The summed E-state index contributed by atoms with van der Waals surface area (Å²) in [4.78, 5) is 0. The average molecular weight is 254 g/mol. The van der Waals surface area contributed by atoms with Gasteiger partial charge in [-0.2, -0.15) is 5.10 Å². The van der Waals surface area contributed by atoms with E-state index in [1.165, 1.54) is 23.4 Å². The number of benzene rings is 1. The largest absolute Gasteiger partial charge is 0.369 e. The predicted octanol–water partition coefficient (Wildman–Crippen LogP) is 2.45. The maximum Gasteiger partial charge on any atom is 0.153 e. The van der Waals surface area contributed by atoms with Crippen LogP contribution in [0.25, 0.3) is 0 Å². The molecule has 1 atom stereocenters. The van der Waals surface area contributed by atoms with Crippen molar-refractivity contribution >= 4 is 11.6 Å². The fourth-order valence-electron chi connectivity index (χ4n) is 3.12. The van der Waals surface area contributed by atoms with E-state index in [9.17, 15) is 0 Å². The summed E-state index contributed by atoms with van der Waals surface area (Å²) in [6, 6.07) is 10.7. The summed E-state index contributed by atoms with van der Waals surface area (Å²) in [6.07, 6.45) is 2.34. The Morgan fingerprint density at radius 1 is 1.16 bits per heavy atom. The molecular weight excluding hydrogens is 236 g/mol. The van der Waals surface area contributed by atoms with Crippen LogP contribution in [0.5, 0.6) is 0 Å². The van der Waals surface area contributed by atoms with Crippen LogP contribution < -0.4 is 10.6 Å². The van der Waals surface area contributed by atoms with Gasteiger partial charge in [-0.05, 0) is 18.4 Å². The van der Waals surface area contributed by atoms with Crippen LogP contribution in [0.15, 0.2) is 30.3 Å². The predicted molar refractivity (Wildman–Crippen MR) is 76.7 cm³/mol. The van der Waals surface area contributed by atoms with Crippen LogP contribution in [0, 0.1) is 0 Å². The van der Waals surface area contributed by atoms with Crippen molar-refractivity contribution in [1.82, 2.24) is 9.78 Å². The van der Waals surface area contributed by atoms with E-state index in [1.807, 2.05) is 0 Å². The van der Waals surface area contributed by atoms with Crippen molar-refractivity contribution < 1.29 is 0 Å². The van der Waals surface area contributed by atoms with Gasteiger partial charge in [0.2, 0.25) is 0 Å². The molecule has 0 radical (unpaired) electrons. The van der Waals surface area contributed by atoms with Crippen molar-refractivity contribution in [1.29, 1.82) is 0 Å². The minimum absolute atomic E-state index is 0.509. The second-order valence-corrected chi connectivity index (χ2v) is 5.38. The Bertz CT molecular complexity index is 588. The lowest BCUT2D eigenvalue weighted by atomic mass is 9.97. The van der Waals surface area contributed by atoms with Crippen molar-refractivity contribution in [2.24, 2.45) is 0 Å². The summed E-state index contributed by atoms with van der Waals surface area (Å²) in [5.74, 6) is 2.83. The van der Waals surface area contributed by atoms with E-state index in [-0.39, 0.29) is 0 Å². The van der Waals surface area contributed by atoms with Crippen molar-refractivity contribution in [2.45, 2.75) is 25.3 Å². The van der Waals surface area contributed by atoms with E-state index in [4.69, 9.17) is 5.10 Å². The molecule has 1 aromatic carbocycles. The van der Waals surface area contributed by atoms with Crippen LogP contribution in [-0.4, -0.2) is 22.9 Å². The van der Waals surface area contributed by atoms with Gasteiger partial charge >= 0.3 is 0 Å². The lowest BCUT2D eigenvalue weighted by Crippen LogP contribution is -2.26. The molecule has 0 fully saturated rings. The van der Waals surface area contributed by atoms with Gasteiger partial charge in [0.25, 0.3) is 0 Å². The molecule has 0 aliphatic carbocycles. The average Bonchev–Trinajstić information content (AvgIpc) is 2.86. The lowest BCUT2D eigenvalue weighted by Gasteiger charge is -2.26. The first-order chi connectivity index (χ1) is 9.42. The molecule has 2 aliphatic heterocycles. The van der Waals surface area contributed by atoms with Crippen LogP contribution in [0.4, 0.5) is 11.6 Å². The quantitative estimate of drug-likeness (QED) is 0.821. The molecule has 4 rings (SSSR count). The van der Waals surface area contributed by atoms with Crippen LogP contribution in [0.1, 0.15) is 23.5 Å². The lowest BCUT2D eigenvalue weighted by molar-refractivity contribution is 0.506. The molecule has 2 N–H and O–H groups in total. The fraction of sp³-hybridized carbons (Fsp3) is 0.400. The zero-order chi connectivity index (χ0) is 12.7. The third kappa shape index (κ3) is 1.79. The van der Waals surface area contributed by atoms with Gasteiger partial charge in [-0.3, -0.25) is 0 Å². The van der Waals surface area contributed by atoms with Gasteiger partial charge in [-0.1, -0.05) is 30.3 Å². The molecule has 2 aliphatic rings. The molecule has 2 aromatic rings. The van der Waals surface area contributed by atoms with Crippen molar-refractivity contribution in [3.05, 3.63) is 41.5 Å². The Morgan fingerprint density at radius 2 is 2.05 bits per heavy atom. The van der Waals surface area contributed by atoms with Crippen LogP contribution in [0.2, 0.25) is 0 Å². The third-order valence-corrected chi connectivity index (χ3v) is 4.13. The van der Waals surface area contributed by atoms with E-state index in [1.54, 1.807) is 0 Å². The van der Waals surface area contributed by atoms with E-state index in [2.05, 4.69) is 45.6 Å². The van der Waals surface area contributed by atoms with Gasteiger partial charge < -0.3 is 10.6 Å². The third-order valence-electron chi connectivity index (χ3n) is 4.13. The van der Waals surface area contributed by atoms with E-state index in [0.29, 0.717) is 5.92 Å². The zero-order valence-electron chi connectivity index (χ0n) is 10.9. The normalized spacial score (nSPS) is 20.9. The van der Waals surface area contributed by atoms with Gasteiger partial charge in [0, 0.05) is 24.6 Å². The van der Waals surface area contributed by atoms with Crippen LogP contribution in [0.3, 0.4) is 0 Å². The summed E-state index contributed by atoms with van der Waals surface area (Å²) >= 11 is 0. The summed E-state index contributed by atoms with van der Waals surface area (Å²) in [5, 5.41) is 11.7. The molecule has 0 saturated carbocycles. The molecule has 1 aromatic heterocycles. The number of hydrogen-bond acceptors (Lipinski definition) is 3. The Labute approximate surface area is 112 Å². The summed E-state index contributed by atoms with van der Waals surface area (Å²) < 4.78 is 2.14. The number of hydrogen-bond donors (Lipinski definition) is 2. The minimum Gasteiger partial charge on any atom is -0.369 e. The standard InChI is InChI=1S/C15H18N4/c1-2-5-11(6-3-1)12-9-17-15-13-7-4-8-16-14(13)18-19(15)10-12/h1-3,5-6,12,17H,4,7-10H2,(H,16,18). The number of fused-ring (bicyclic) bond motifs is 3. The molecule has 4 heteroatoms. The second kappa shape index (κ2) is 4.30. The summed E-state index contributed by atoms with van der Waals surface area (Å²) in [5.41, 5.74) is 2.76. The van der Waals surface area contributed by atoms with Gasteiger partial charge in [0.15, 0.2) is 5.82 Å². The molecule has 0 saturated heterocycles. The first kappa shape index (κ1) is 10.9.